The molecule has 2 atom stereocenters. The number of ether oxygens (including phenoxy) is 1. The summed E-state index contributed by atoms with van der Waals surface area (Å²) < 4.78 is 40.5. The van der Waals surface area contributed by atoms with Crippen molar-refractivity contribution >= 4 is 12.0 Å². The fourth-order valence-electron chi connectivity index (χ4n) is 0.908. The van der Waals surface area contributed by atoms with Crippen molar-refractivity contribution in [3.63, 3.8) is 0 Å². The number of amides is 2. The standard InChI is InChI=1S/C10H18F3N3O4/c1-5(14-8(19)20-9(2,3)4)6(17)15-16-7(18)10(11,12)13/h5-6,15,17H,1-4H3,(H,14,19)(H,16,18)/t5-,6?/m1/s1. The lowest BCUT2D eigenvalue weighted by molar-refractivity contribution is -0.175. The van der Waals surface area contributed by atoms with Gasteiger partial charge in [0.2, 0.25) is 0 Å². The minimum Gasteiger partial charge on any atom is -0.444 e. The lowest BCUT2D eigenvalue weighted by atomic mass is 10.2. The molecule has 0 radical (unpaired) electrons. The molecule has 0 aromatic heterocycles. The van der Waals surface area contributed by atoms with Gasteiger partial charge in [0.05, 0.1) is 6.04 Å². The summed E-state index contributed by atoms with van der Waals surface area (Å²) in [4.78, 5) is 21.8. The van der Waals surface area contributed by atoms with Gasteiger partial charge in [-0.1, -0.05) is 0 Å². The first-order chi connectivity index (χ1) is 8.83. The maximum Gasteiger partial charge on any atom is 0.472 e. The molecular formula is C10H18F3N3O4. The SMILES string of the molecule is C[C@@H](NC(=O)OC(C)(C)C)C(O)NNC(=O)C(F)(F)F. The third-order valence-corrected chi connectivity index (χ3v) is 1.81. The Morgan fingerprint density at radius 2 is 1.70 bits per heavy atom. The number of hydrogen-bond donors (Lipinski definition) is 4. The summed E-state index contributed by atoms with van der Waals surface area (Å²) in [5, 5.41) is 11.6. The second kappa shape index (κ2) is 6.75. The summed E-state index contributed by atoms with van der Waals surface area (Å²) in [6.45, 7) is 6.17. The first-order valence-electron chi connectivity index (χ1n) is 5.63. The van der Waals surface area contributed by atoms with Gasteiger partial charge in [-0.3, -0.25) is 10.2 Å². The summed E-state index contributed by atoms with van der Waals surface area (Å²) in [6, 6.07) is -1.00. The van der Waals surface area contributed by atoms with Gasteiger partial charge in [0.15, 0.2) is 0 Å². The Morgan fingerprint density at radius 1 is 1.20 bits per heavy atom. The van der Waals surface area contributed by atoms with E-state index in [1.165, 1.54) is 12.3 Å². The van der Waals surface area contributed by atoms with Gasteiger partial charge in [0.1, 0.15) is 11.8 Å². The van der Waals surface area contributed by atoms with Gasteiger partial charge in [0, 0.05) is 0 Å². The number of aliphatic hydroxyl groups is 1. The van der Waals surface area contributed by atoms with Crippen molar-refractivity contribution < 1.29 is 32.6 Å². The normalized spacial score (nSPS) is 15.2. The second-order valence-electron chi connectivity index (χ2n) is 4.98. The van der Waals surface area contributed by atoms with Crippen LogP contribution in [0.25, 0.3) is 0 Å². The summed E-state index contributed by atoms with van der Waals surface area (Å²) in [7, 11) is 0. The van der Waals surface area contributed by atoms with Crippen molar-refractivity contribution in [1.29, 1.82) is 0 Å². The Kier molecular flexibility index (Phi) is 6.23. The van der Waals surface area contributed by atoms with E-state index in [0.717, 1.165) is 0 Å². The number of hydrazine groups is 1. The monoisotopic (exact) mass is 301 g/mol. The van der Waals surface area contributed by atoms with Crippen LogP contribution in [0, 0.1) is 0 Å². The lowest BCUT2D eigenvalue weighted by Crippen LogP contribution is -2.56. The Balaban J connectivity index is 4.20. The molecule has 0 rings (SSSR count). The van der Waals surface area contributed by atoms with E-state index >= 15 is 0 Å². The Labute approximate surface area is 113 Å². The number of hydrogen-bond acceptors (Lipinski definition) is 5. The average molecular weight is 301 g/mol. The molecule has 0 aliphatic rings. The van der Waals surface area contributed by atoms with Crippen LogP contribution in [-0.4, -0.2) is 41.2 Å². The number of carbonyl (C=O) groups excluding carboxylic acids is 2. The van der Waals surface area contributed by atoms with Crippen LogP contribution in [-0.2, 0) is 9.53 Å². The van der Waals surface area contributed by atoms with E-state index in [9.17, 15) is 27.9 Å². The minimum absolute atomic E-state index is 0.757. The summed E-state index contributed by atoms with van der Waals surface area (Å²) in [6.07, 6.45) is -7.56. The molecule has 0 aromatic carbocycles. The zero-order valence-corrected chi connectivity index (χ0v) is 11.5. The highest BCUT2D eigenvalue weighted by atomic mass is 19.4. The van der Waals surface area contributed by atoms with E-state index in [0.29, 0.717) is 0 Å². The van der Waals surface area contributed by atoms with Gasteiger partial charge in [-0.15, -0.1) is 0 Å². The predicted molar refractivity (Wildman–Crippen MR) is 62.2 cm³/mol. The highest BCUT2D eigenvalue weighted by Crippen LogP contribution is 2.13. The van der Waals surface area contributed by atoms with E-state index in [4.69, 9.17) is 4.74 Å². The van der Waals surface area contributed by atoms with Crippen LogP contribution in [0.5, 0.6) is 0 Å². The highest BCUT2D eigenvalue weighted by Gasteiger charge is 2.39. The van der Waals surface area contributed by atoms with Crippen molar-refractivity contribution in [2.24, 2.45) is 0 Å². The third kappa shape index (κ3) is 7.79. The molecule has 0 aliphatic carbocycles. The van der Waals surface area contributed by atoms with E-state index in [1.807, 2.05) is 0 Å². The summed E-state index contributed by atoms with van der Waals surface area (Å²) in [5.74, 6) is -2.26. The molecule has 4 N–H and O–H groups in total. The largest absolute Gasteiger partial charge is 0.472 e. The molecule has 7 nitrogen and oxygen atoms in total. The first kappa shape index (κ1) is 18.4. The van der Waals surface area contributed by atoms with Crippen molar-refractivity contribution in [3.8, 4) is 0 Å². The van der Waals surface area contributed by atoms with E-state index < -0.39 is 36.0 Å². The molecule has 0 fully saturated rings. The van der Waals surface area contributed by atoms with E-state index in [-0.39, 0.29) is 0 Å². The number of alkyl halides is 3. The molecule has 0 aromatic rings. The highest BCUT2D eigenvalue weighted by molar-refractivity contribution is 5.81. The molecule has 1 unspecified atom stereocenters. The maximum absolute atomic E-state index is 11.9. The van der Waals surface area contributed by atoms with Gasteiger partial charge in [0.25, 0.3) is 0 Å². The quantitative estimate of drug-likeness (QED) is 0.445. The number of carbonyl (C=O) groups is 2. The van der Waals surface area contributed by atoms with Crippen LogP contribution >= 0.6 is 0 Å². The summed E-state index contributed by atoms with van der Waals surface area (Å²) >= 11 is 0. The molecule has 10 heteroatoms. The van der Waals surface area contributed by atoms with Crippen molar-refractivity contribution in [3.05, 3.63) is 0 Å². The smallest absolute Gasteiger partial charge is 0.444 e. The second-order valence-corrected chi connectivity index (χ2v) is 4.98. The van der Waals surface area contributed by atoms with Crippen molar-refractivity contribution in [2.45, 2.75) is 51.7 Å². The van der Waals surface area contributed by atoms with Crippen molar-refractivity contribution in [1.82, 2.24) is 16.2 Å². The Hall–Kier alpha value is -1.55. The molecule has 20 heavy (non-hydrogen) atoms. The van der Waals surface area contributed by atoms with Crippen LogP contribution < -0.4 is 16.2 Å². The van der Waals surface area contributed by atoms with E-state index in [2.05, 4.69) is 5.32 Å². The van der Waals surface area contributed by atoms with Crippen LogP contribution in [0.3, 0.4) is 0 Å². The number of alkyl carbamates (subject to hydrolysis) is 1. The molecule has 0 spiro atoms. The van der Waals surface area contributed by atoms with Crippen LogP contribution in [0.15, 0.2) is 0 Å². The molecule has 0 saturated heterocycles. The topological polar surface area (TPSA) is 99.7 Å². The zero-order chi connectivity index (χ0) is 16.1. The van der Waals surface area contributed by atoms with E-state index in [1.54, 1.807) is 26.2 Å². The molecular weight excluding hydrogens is 283 g/mol. The molecule has 0 saturated carbocycles. The number of rotatable bonds is 4. The fraction of sp³-hybridized carbons (Fsp3) is 0.800. The number of nitrogens with one attached hydrogen (secondary N) is 3. The lowest BCUT2D eigenvalue weighted by Gasteiger charge is -2.25. The van der Waals surface area contributed by atoms with Gasteiger partial charge >= 0.3 is 18.2 Å². The third-order valence-electron chi connectivity index (χ3n) is 1.81. The molecule has 2 amide bonds. The predicted octanol–water partition coefficient (Wildman–Crippen LogP) is 0.401. The van der Waals surface area contributed by atoms with Crippen LogP contribution in [0.1, 0.15) is 27.7 Å². The fourth-order valence-corrected chi connectivity index (χ4v) is 0.908. The summed E-state index contributed by atoms with van der Waals surface area (Å²) in [5.41, 5.74) is 2.23. The molecule has 0 heterocycles. The number of aliphatic hydroxyl groups excluding tert-OH is 1. The number of halogens is 3. The Morgan fingerprint density at radius 3 is 2.10 bits per heavy atom. The van der Waals surface area contributed by atoms with Gasteiger partial charge < -0.3 is 15.2 Å². The zero-order valence-electron chi connectivity index (χ0n) is 11.5. The van der Waals surface area contributed by atoms with Crippen LogP contribution in [0.4, 0.5) is 18.0 Å². The van der Waals surface area contributed by atoms with Gasteiger partial charge in [-0.05, 0) is 27.7 Å². The van der Waals surface area contributed by atoms with Crippen molar-refractivity contribution in [2.75, 3.05) is 0 Å². The Bertz CT molecular complexity index is 355. The minimum atomic E-state index is -5.07. The maximum atomic E-state index is 11.9. The molecule has 0 bridgehead atoms. The molecule has 118 valence electrons. The van der Waals surface area contributed by atoms with Gasteiger partial charge in [-0.25, -0.2) is 10.2 Å². The van der Waals surface area contributed by atoms with Gasteiger partial charge in [-0.2, -0.15) is 13.2 Å². The first-order valence-corrected chi connectivity index (χ1v) is 5.63. The molecule has 0 aliphatic heterocycles. The van der Waals surface area contributed by atoms with Crippen LogP contribution in [0.2, 0.25) is 0 Å². The average Bonchev–Trinajstić information content (AvgIpc) is 2.20.